The van der Waals surface area contributed by atoms with Crippen molar-refractivity contribution in [3.8, 4) is 0 Å². The Morgan fingerprint density at radius 1 is 1.39 bits per heavy atom. The first-order chi connectivity index (χ1) is 8.40. The van der Waals surface area contributed by atoms with E-state index in [1.165, 1.54) is 0 Å². The van der Waals surface area contributed by atoms with Gasteiger partial charge in [-0.3, -0.25) is 9.69 Å². The molecule has 0 saturated carbocycles. The molecule has 18 heavy (non-hydrogen) atoms. The predicted octanol–water partition coefficient (Wildman–Crippen LogP) is 1.21. The van der Waals surface area contributed by atoms with Crippen molar-refractivity contribution in [2.24, 2.45) is 17.6 Å². The highest BCUT2D eigenvalue weighted by atomic mass is 16.1. The second-order valence-corrected chi connectivity index (χ2v) is 6.15. The molecule has 3 atom stereocenters. The predicted molar refractivity (Wildman–Crippen MR) is 75.3 cm³/mol. The zero-order valence-electron chi connectivity index (χ0n) is 12.3. The third-order valence-corrected chi connectivity index (χ3v) is 3.83. The van der Waals surface area contributed by atoms with Gasteiger partial charge >= 0.3 is 0 Å². The molecule has 106 valence electrons. The number of piperidine rings is 1. The number of nitrogens with one attached hydrogen (secondary N) is 1. The van der Waals surface area contributed by atoms with Crippen LogP contribution in [0.3, 0.4) is 0 Å². The zero-order valence-corrected chi connectivity index (χ0v) is 12.3. The van der Waals surface area contributed by atoms with Crippen LogP contribution >= 0.6 is 0 Å². The van der Waals surface area contributed by atoms with Gasteiger partial charge in [0.2, 0.25) is 5.91 Å². The van der Waals surface area contributed by atoms with Crippen molar-refractivity contribution in [2.75, 3.05) is 19.6 Å². The molecule has 1 amide bonds. The van der Waals surface area contributed by atoms with E-state index in [2.05, 4.69) is 37.9 Å². The van der Waals surface area contributed by atoms with E-state index in [0.717, 1.165) is 32.5 Å². The SMILES string of the molecule is CC(CNC(C)C)CN1CC(C(N)=O)CCC1C. The van der Waals surface area contributed by atoms with Crippen LogP contribution in [-0.4, -0.2) is 42.5 Å². The Balaban J connectivity index is 2.40. The second kappa shape index (κ2) is 7.10. The highest BCUT2D eigenvalue weighted by Crippen LogP contribution is 2.22. The molecule has 1 fully saturated rings. The summed E-state index contributed by atoms with van der Waals surface area (Å²) in [5.41, 5.74) is 5.43. The lowest BCUT2D eigenvalue weighted by Crippen LogP contribution is -2.48. The van der Waals surface area contributed by atoms with Gasteiger partial charge in [0.05, 0.1) is 5.92 Å². The van der Waals surface area contributed by atoms with E-state index < -0.39 is 0 Å². The number of carbonyl (C=O) groups excluding carboxylic acids is 1. The quantitative estimate of drug-likeness (QED) is 0.750. The van der Waals surface area contributed by atoms with Gasteiger partial charge < -0.3 is 11.1 Å². The van der Waals surface area contributed by atoms with Crippen molar-refractivity contribution in [1.29, 1.82) is 0 Å². The molecule has 0 aromatic heterocycles. The highest BCUT2D eigenvalue weighted by Gasteiger charge is 2.29. The third-order valence-electron chi connectivity index (χ3n) is 3.83. The van der Waals surface area contributed by atoms with E-state index in [4.69, 9.17) is 5.73 Å². The molecule has 0 aromatic rings. The fourth-order valence-corrected chi connectivity index (χ4v) is 2.57. The van der Waals surface area contributed by atoms with Crippen LogP contribution in [0.2, 0.25) is 0 Å². The number of nitrogens with two attached hydrogens (primary N) is 1. The van der Waals surface area contributed by atoms with Gasteiger partial charge in [-0.2, -0.15) is 0 Å². The summed E-state index contributed by atoms with van der Waals surface area (Å²) in [6.45, 7) is 11.8. The first-order valence-corrected chi connectivity index (χ1v) is 7.16. The number of carbonyl (C=O) groups is 1. The van der Waals surface area contributed by atoms with Crippen LogP contribution in [0.4, 0.5) is 0 Å². The van der Waals surface area contributed by atoms with Crippen LogP contribution in [0.1, 0.15) is 40.5 Å². The minimum Gasteiger partial charge on any atom is -0.369 e. The fraction of sp³-hybridized carbons (Fsp3) is 0.929. The van der Waals surface area contributed by atoms with E-state index in [9.17, 15) is 4.79 Å². The first-order valence-electron chi connectivity index (χ1n) is 7.16. The summed E-state index contributed by atoms with van der Waals surface area (Å²) in [6.07, 6.45) is 2.03. The molecule has 0 bridgehead atoms. The molecule has 3 N–H and O–H groups in total. The maximum atomic E-state index is 11.3. The Kier molecular flexibility index (Phi) is 6.09. The summed E-state index contributed by atoms with van der Waals surface area (Å²) in [7, 11) is 0. The topological polar surface area (TPSA) is 58.4 Å². The van der Waals surface area contributed by atoms with Crippen LogP contribution in [0.5, 0.6) is 0 Å². The van der Waals surface area contributed by atoms with Crippen LogP contribution in [0.25, 0.3) is 0 Å². The van der Waals surface area contributed by atoms with Crippen LogP contribution in [0.15, 0.2) is 0 Å². The average Bonchev–Trinajstić information content (AvgIpc) is 2.29. The van der Waals surface area contributed by atoms with E-state index >= 15 is 0 Å². The molecule has 1 aliphatic heterocycles. The maximum Gasteiger partial charge on any atom is 0.221 e. The third kappa shape index (κ3) is 4.94. The van der Waals surface area contributed by atoms with Crippen molar-refractivity contribution in [2.45, 2.75) is 52.6 Å². The minimum atomic E-state index is -0.139. The highest BCUT2D eigenvalue weighted by molar-refractivity contribution is 5.76. The summed E-state index contributed by atoms with van der Waals surface area (Å²) >= 11 is 0. The van der Waals surface area contributed by atoms with Crippen LogP contribution in [0, 0.1) is 11.8 Å². The summed E-state index contributed by atoms with van der Waals surface area (Å²) in [5.74, 6) is 0.507. The first kappa shape index (κ1) is 15.4. The molecule has 4 heteroatoms. The number of rotatable bonds is 6. The Hall–Kier alpha value is -0.610. The molecule has 0 aromatic carbocycles. The summed E-state index contributed by atoms with van der Waals surface area (Å²) in [6, 6.07) is 1.10. The monoisotopic (exact) mass is 255 g/mol. The van der Waals surface area contributed by atoms with Gasteiger partial charge in [0, 0.05) is 25.2 Å². The normalized spacial score (nSPS) is 27.4. The van der Waals surface area contributed by atoms with E-state index in [-0.39, 0.29) is 11.8 Å². The van der Waals surface area contributed by atoms with Crippen LogP contribution in [-0.2, 0) is 4.79 Å². The molecule has 1 saturated heterocycles. The largest absolute Gasteiger partial charge is 0.369 e. The second-order valence-electron chi connectivity index (χ2n) is 6.15. The number of hydrogen-bond acceptors (Lipinski definition) is 3. The molecule has 1 aliphatic rings. The van der Waals surface area contributed by atoms with E-state index in [1.807, 2.05) is 0 Å². The molecule has 1 rings (SSSR count). The fourth-order valence-electron chi connectivity index (χ4n) is 2.57. The standard InChI is InChI=1S/C14H29N3O/c1-10(2)16-7-11(3)8-17-9-13(14(15)18)6-5-12(17)4/h10-13,16H,5-9H2,1-4H3,(H2,15,18). The van der Waals surface area contributed by atoms with Crippen molar-refractivity contribution < 1.29 is 4.79 Å². The van der Waals surface area contributed by atoms with Gasteiger partial charge in [-0.15, -0.1) is 0 Å². The van der Waals surface area contributed by atoms with Gasteiger partial charge in [-0.1, -0.05) is 20.8 Å². The molecular weight excluding hydrogens is 226 g/mol. The molecule has 4 nitrogen and oxygen atoms in total. The van der Waals surface area contributed by atoms with Crippen molar-refractivity contribution in [1.82, 2.24) is 10.2 Å². The van der Waals surface area contributed by atoms with Gasteiger partial charge in [0.25, 0.3) is 0 Å². The van der Waals surface area contributed by atoms with Gasteiger partial charge in [0.1, 0.15) is 0 Å². The molecular formula is C14H29N3O. The van der Waals surface area contributed by atoms with Gasteiger partial charge in [-0.25, -0.2) is 0 Å². The van der Waals surface area contributed by atoms with Gasteiger partial charge in [0.15, 0.2) is 0 Å². The molecule has 0 spiro atoms. The lowest BCUT2D eigenvalue weighted by molar-refractivity contribution is -0.124. The number of primary amides is 1. The summed E-state index contributed by atoms with van der Waals surface area (Å²) in [5, 5.41) is 3.47. The average molecular weight is 255 g/mol. The van der Waals surface area contributed by atoms with Crippen molar-refractivity contribution >= 4 is 5.91 Å². The summed E-state index contributed by atoms with van der Waals surface area (Å²) in [4.78, 5) is 13.7. The van der Waals surface area contributed by atoms with Crippen molar-refractivity contribution in [3.63, 3.8) is 0 Å². The zero-order chi connectivity index (χ0) is 13.7. The number of likely N-dealkylation sites (tertiary alicyclic amines) is 1. The molecule has 3 unspecified atom stereocenters. The Morgan fingerprint density at radius 3 is 2.61 bits per heavy atom. The van der Waals surface area contributed by atoms with Crippen LogP contribution < -0.4 is 11.1 Å². The molecule has 0 aliphatic carbocycles. The lowest BCUT2D eigenvalue weighted by Gasteiger charge is -2.38. The number of hydrogen-bond donors (Lipinski definition) is 2. The van der Waals surface area contributed by atoms with E-state index in [0.29, 0.717) is 18.0 Å². The maximum absolute atomic E-state index is 11.3. The van der Waals surface area contributed by atoms with E-state index in [1.54, 1.807) is 0 Å². The lowest BCUT2D eigenvalue weighted by atomic mass is 9.92. The Bertz CT molecular complexity index is 268. The smallest absolute Gasteiger partial charge is 0.221 e. The summed E-state index contributed by atoms with van der Waals surface area (Å²) < 4.78 is 0. The number of nitrogens with zero attached hydrogens (tertiary/aromatic N) is 1. The van der Waals surface area contributed by atoms with Crippen molar-refractivity contribution in [3.05, 3.63) is 0 Å². The number of amides is 1. The van der Waals surface area contributed by atoms with Gasteiger partial charge in [-0.05, 0) is 32.2 Å². The molecule has 1 heterocycles. The minimum absolute atomic E-state index is 0.0476. The molecule has 0 radical (unpaired) electrons. The Labute approximate surface area is 111 Å². The Morgan fingerprint density at radius 2 is 2.06 bits per heavy atom.